The van der Waals surface area contributed by atoms with Gasteiger partial charge in [-0.3, -0.25) is 4.79 Å². The van der Waals surface area contributed by atoms with Gasteiger partial charge in [0, 0.05) is 12.5 Å². The summed E-state index contributed by atoms with van der Waals surface area (Å²) in [6, 6.07) is 14.6. The number of carbonyl (C=O) groups is 3. The van der Waals surface area contributed by atoms with E-state index >= 15 is 0 Å². The molecule has 0 spiro atoms. The Morgan fingerprint density at radius 1 is 1.09 bits per heavy atom. The van der Waals surface area contributed by atoms with E-state index in [2.05, 4.69) is 29.6 Å². The average molecular weight is 479 g/mol. The first-order chi connectivity index (χ1) is 16.9. The van der Waals surface area contributed by atoms with E-state index < -0.39 is 24.1 Å². The molecule has 2 aromatic rings. The zero-order valence-corrected chi connectivity index (χ0v) is 20.4. The van der Waals surface area contributed by atoms with Crippen molar-refractivity contribution < 1.29 is 24.2 Å². The molecule has 0 radical (unpaired) electrons. The molecule has 7 heteroatoms. The van der Waals surface area contributed by atoms with E-state index in [0.717, 1.165) is 41.5 Å². The number of hydrogen-bond donors (Lipinski definition) is 2. The molecule has 186 valence electrons. The monoisotopic (exact) mass is 478 g/mol. The molecule has 7 nitrogen and oxygen atoms in total. The van der Waals surface area contributed by atoms with Crippen molar-refractivity contribution in [1.29, 1.82) is 0 Å². The molecule has 1 aliphatic carbocycles. The van der Waals surface area contributed by atoms with E-state index in [-0.39, 0.29) is 24.3 Å². The molecule has 3 atom stereocenters. The molecule has 4 rings (SSSR count). The molecule has 2 unspecified atom stereocenters. The van der Waals surface area contributed by atoms with Gasteiger partial charge in [0.25, 0.3) is 0 Å². The minimum absolute atomic E-state index is 0.0714. The van der Waals surface area contributed by atoms with E-state index in [1.54, 1.807) is 0 Å². The van der Waals surface area contributed by atoms with Crippen LogP contribution in [0.3, 0.4) is 0 Å². The van der Waals surface area contributed by atoms with Crippen molar-refractivity contribution in [2.75, 3.05) is 13.2 Å². The molecule has 2 aliphatic rings. The van der Waals surface area contributed by atoms with Gasteiger partial charge in [-0.1, -0.05) is 75.2 Å². The normalized spacial score (nSPS) is 20.0. The molecule has 1 heterocycles. The van der Waals surface area contributed by atoms with Gasteiger partial charge < -0.3 is 20.1 Å². The highest BCUT2D eigenvalue weighted by Gasteiger charge is 2.38. The van der Waals surface area contributed by atoms with Crippen LogP contribution in [0, 0.1) is 5.92 Å². The summed E-state index contributed by atoms with van der Waals surface area (Å²) in [5.74, 6) is -1.17. The number of benzene rings is 2. The second-order valence-corrected chi connectivity index (χ2v) is 9.68. The van der Waals surface area contributed by atoms with Gasteiger partial charge in [0.2, 0.25) is 5.91 Å². The third kappa shape index (κ3) is 5.34. The number of unbranched alkanes of at least 4 members (excludes halogenated alkanes) is 1. The topological polar surface area (TPSA) is 95.9 Å². The van der Waals surface area contributed by atoms with Crippen molar-refractivity contribution in [3.8, 4) is 11.1 Å². The first kappa shape index (κ1) is 24.8. The molecule has 1 saturated heterocycles. The Labute approximate surface area is 206 Å². The lowest BCUT2D eigenvalue weighted by Crippen LogP contribution is -2.56. The predicted octanol–water partition coefficient (Wildman–Crippen LogP) is 4.80. The van der Waals surface area contributed by atoms with E-state index in [1.807, 2.05) is 38.1 Å². The first-order valence-corrected chi connectivity index (χ1v) is 12.6. The van der Waals surface area contributed by atoms with Crippen LogP contribution in [-0.2, 0) is 14.3 Å². The van der Waals surface area contributed by atoms with Gasteiger partial charge in [0.15, 0.2) is 0 Å². The van der Waals surface area contributed by atoms with E-state index in [9.17, 15) is 19.5 Å². The minimum atomic E-state index is -1.000. The molecular weight excluding hydrogens is 444 g/mol. The van der Waals surface area contributed by atoms with Crippen molar-refractivity contribution in [1.82, 2.24) is 10.2 Å². The maximum absolute atomic E-state index is 13.3. The highest BCUT2D eigenvalue weighted by molar-refractivity contribution is 5.89. The quantitative estimate of drug-likeness (QED) is 0.568. The molecule has 1 aliphatic heterocycles. The van der Waals surface area contributed by atoms with Crippen molar-refractivity contribution in [2.45, 2.75) is 64.0 Å². The van der Waals surface area contributed by atoms with Crippen LogP contribution in [0.4, 0.5) is 4.79 Å². The van der Waals surface area contributed by atoms with Gasteiger partial charge in [-0.2, -0.15) is 0 Å². The number of carboxylic acids is 1. The third-order valence-electron chi connectivity index (χ3n) is 7.21. The van der Waals surface area contributed by atoms with Gasteiger partial charge in [-0.05, 0) is 47.4 Å². The summed E-state index contributed by atoms with van der Waals surface area (Å²) in [5, 5.41) is 12.4. The largest absolute Gasteiger partial charge is 0.480 e. The zero-order valence-electron chi connectivity index (χ0n) is 20.4. The standard InChI is InChI=1S/C28H34N2O5/c1-3-4-13-24(26(31)30-15-14-18(2)16-25(30)27(32)33)29-28(34)35-17-23-21-11-7-5-9-19(21)20-10-6-8-12-22(20)23/h5-12,18,23-25H,3-4,13-17H2,1-2H3,(H,29,34)(H,32,33)/t18?,24-,25?/m0/s1. The number of rotatable bonds is 8. The first-order valence-electron chi connectivity index (χ1n) is 12.6. The fraction of sp³-hybridized carbons (Fsp3) is 0.464. The van der Waals surface area contributed by atoms with Gasteiger partial charge in [0.1, 0.15) is 18.7 Å². The van der Waals surface area contributed by atoms with Crippen molar-refractivity contribution in [3.63, 3.8) is 0 Å². The Morgan fingerprint density at radius 2 is 1.71 bits per heavy atom. The summed E-state index contributed by atoms with van der Waals surface area (Å²) in [6.07, 6.45) is 2.56. The summed E-state index contributed by atoms with van der Waals surface area (Å²) < 4.78 is 5.64. The van der Waals surface area contributed by atoms with Crippen LogP contribution >= 0.6 is 0 Å². The Hall–Kier alpha value is -3.35. The lowest BCUT2D eigenvalue weighted by Gasteiger charge is -2.38. The number of fused-ring (bicyclic) bond motifs is 3. The smallest absolute Gasteiger partial charge is 0.407 e. The Balaban J connectivity index is 1.44. The fourth-order valence-corrected chi connectivity index (χ4v) is 5.29. The Morgan fingerprint density at radius 3 is 2.31 bits per heavy atom. The fourth-order valence-electron chi connectivity index (χ4n) is 5.29. The molecule has 2 N–H and O–H groups in total. The van der Waals surface area contributed by atoms with Gasteiger partial charge in [-0.25, -0.2) is 9.59 Å². The highest BCUT2D eigenvalue weighted by Crippen LogP contribution is 2.44. The lowest BCUT2D eigenvalue weighted by molar-refractivity contribution is -0.154. The van der Waals surface area contributed by atoms with Gasteiger partial charge in [-0.15, -0.1) is 0 Å². The molecule has 2 amide bonds. The minimum Gasteiger partial charge on any atom is -0.480 e. The molecule has 0 bridgehead atoms. The Kier molecular flexibility index (Phi) is 7.73. The van der Waals surface area contributed by atoms with Crippen LogP contribution in [0.5, 0.6) is 0 Å². The van der Waals surface area contributed by atoms with Crippen LogP contribution in [-0.4, -0.2) is 53.2 Å². The number of aliphatic carboxylic acids is 1. The maximum Gasteiger partial charge on any atom is 0.407 e. The number of alkyl carbamates (subject to hydrolysis) is 1. The number of hydrogen-bond acceptors (Lipinski definition) is 4. The molecule has 35 heavy (non-hydrogen) atoms. The van der Waals surface area contributed by atoms with Crippen molar-refractivity contribution in [2.24, 2.45) is 5.92 Å². The number of ether oxygens (including phenoxy) is 1. The highest BCUT2D eigenvalue weighted by atomic mass is 16.5. The lowest BCUT2D eigenvalue weighted by atomic mass is 9.91. The van der Waals surface area contributed by atoms with Crippen LogP contribution in [0.25, 0.3) is 11.1 Å². The summed E-state index contributed by atoms with van der Waals surface area (Å²) in [4.78, 5) is 39.4. The number of carbonyl (C=O) groups excluding carboxylic acids is 2. The van der Waals surface area contributed by atoms with Crippen LogP contribution in [0.15, 0.2) is 48.5 Å². The summed E-state index contributed by atoms with van der Waals surface area (Å²) in [6.45, 7) is 4.55. The molecule has 1 fully saturated rings. The number of amides is 2. The number of nitrogens with zero attached hydrogens (tertiary/aromatic N) is 1. The van der Waals surface area contributed by atoms with Crippen LogP contribution < -0.4 is 5.32 Å². The van der Waals surface area contributed by atoms with E-state index in [1.165, 1.54) is 4.90 Å². The molecule has 2 aromatic carbocycles. The third-order valence-corrected chi connectivity index (χ3v) is 7.21. The SMILES string of the molecule is CCCC[C@H](NC(=O)OCC1c2ccccc2-c2ccccc21)C(=O)N1CCC(C)CC1C(=O)O. The van der Waals surface area contributed by atoms with Crippen molar-refractivity contribution in [3.05, 3.63) is 59.7 Å². The van der Waals surface area contributed by atoms with E-state index in [0.29, 0.717) is 19.4 Å². The Bertz CT molecular complexity index is 1040. The summed E-state index contributed by atoms with van der Waals surface area (Å²) in [5.41, 5.74) is 4.53. The second-order valence-electron chi connectivity index (χ2n) is 9.68. The van der Waals surface area contributed by atoms with E-state index in [4.69, 9.17) is 4.74 Å². The molecule has 0 aromatic heterocycles. The number of nitrogens with one attached hydrogen (secondary N) is 1. The zero-order chi connectivity index (χ0) is 24.9. The predicted molar refractivity (Wildman–Crippen MR) is 133 cm³/mol. The average Bonchev–Trinajstić information content (AvgIpc) is 3.18. The summed E-state index contributed by atoms with van der Waals surface area (Å²) >= 11 is 0. The van der Waals surface area contributed by atoms with Crippen LogP contribution in [0.2, 0.25) is 0 Å². The number of likely N-dealkylation sites (tertiary alicyclic amines) is 1. The maximum atomic E-state index is 13.3. The van der Waals surface area contributed by atoms with Gasteiger partial charge >= 0.3 is 12.1 Å². The second kappa shape index (κ2) is 10.9. The van der Waals surface area contributed by atoms with Crippen LogP contribution in [0.1, 0.15) is 63.0 Å². The summed E-state index contributed by atoms with van der Waals surface area (Å²) in [7, 11) is 0. The number of piperidine rings is 1. The molecular formula is C28H34N2O5. The van der Waals surface area contributed by atoms with Gasteiger partial charge in [0.05, 0.1) is 0 Å². The van der Waals surface area contributed by atoms with Crippen molar-refractivity contribution >= 4 is 18.0 Å². The molecule has 0 saturated carbocycles. The number of carboxylic acid groups (broad SMARTS) is 1.